The lowest BCUT2D eigenvalue weighted by molar-refractivity contribution is 0.0195. The third-order valence-electron chi connectivity index (χ3n) is 12.1. The number of rotatable bonds is 15. The van der Waals surface area contributed by atoms with Gasteiger partial charge in [-0.15, -0.1) is 0 Å². The molecule has 0 saturated carbocycles. The van der Waals surface area contributed by atoms with Gasteiger partial charge in [-0.25, -0.2) is 19.6 Å². The van der Waals surface area contributed by atoms with Crippen molar-refractivity contribution in [2.24, 2.45) is 0 Å². The van der Waals surface area contributed by atoms with Crippen LogP contribution in [0, 0.1) is 0 Å². The van der Waals surface area contributed by atoms with E-state index in [1.54, 1.807) is 0 Å². The minimum absolute atomic E-state index is 0.200. The largest absolute Gasteiger partial charge is 0.444 e. The van der Waals surface area contributed by atoms with Gasteiger partial charge >= 0.3 is 12.2 Å². The third-order valence-corrected chi connectivity index (χ3v) is 15.5. The highest BCUT2D eigenvalue weighted by molar-refractivity contribution is 6.76. The van der Waals surface area contributed by atoms with Crippen molar-refractivity contribution in [3.63, 3.8) is 0 Å². The summed E-state index contributed by atoms with van der Waals surface area (Å²) in [7, 11) is -2.60. The van der Waals surface area contributed by atoms with E-state index in [2.05, 4.69) is 96.9 Å². The first kappa shape index (κ1) is 49.1. The fourth-order valence-corrected chi connectivity index (χ4v) is 10.1. The number of hydrogen-bond acceptors (Lipinski definition) is 9. The molecule has 2 aliphatic rings. The average molecular weight is 936 g/mol. The number of amides is 2. The molecule has 2 aromatic carbocycles. The summed E-state index contributed by atoms with van der Waals surface area (Å²) in [5.41, 5.74) is 4.49. The Morgan fingerprint density at radius 3 is 1.47 bits per heavy atom. The molecule has 2 amide bonds. The molecule has 2 saturated heterocycles. The summed E-state index contributed by atoms with van der Waals surface area (Å²) in [6.45, 7) is 28.8. The Bertz CT molecular complexity index is 2470. The smallest absolute Gasteiger partial charge is 0.410 e. The van der Waals surface area contributed by atoms with Crippen molar-refractivity contribution < 1.29 is 28.5 Å². The van der Waals surface area contributed by atoms with Crippen LogP contribution in [0.25, 0.3) is 44.5 Å². The number of aromatic nitrogens is 5. The molecule has 66 heavy (non-hydrogen) atoms. The van der Waals surface area contributed by atoms with Crippen LogP contribution < -0.4 is 0 Å². The fourth-order valence-electron chi connectivity index (χ4n) is 8.54. The van der Waals surface area contributed by atoms with Gasteiger partial charge in [0.1, 0.15) is 36.3 Å². The van der Waals surface area contributed by atoms with Crippen LogP contribution in [0.1, 0.15) is 91.0 Å². The Morgan fingerprint density at radius 2 is 1.03 bits per heavy atom. The van der Waals surface area contributed by atoms with Crippen molar-refractivity contribution >= 4 is 39.1 Å². The minimum atomic E-state index is -1.30. The van der Waals surface area contributed by atoms with E-state index in [0.29, 0.717) is 39.8 Å². The zero-order valence-electron chi connectivity index (χ0n) is 41.6. The first-order chi connectivity index (χ1) is 31.0. The van der Waals surface area contributed by atoms with Crippen molar-refractivity contribution in [1.82, 2.24) is 33.9 Å². The van der Waals surface area contributed by atoms with Crippen molar-refractivity contribution in [2.45, 2.75) is 155 Å². The number of likely N-dealkylation sites (tertiary alicyclic amines) is 2. The summed E-state index contributed by atoms with van der Waals surface area (Å²) in [4.78, 5) is 45.2. The lowest BCUT2D eigenvalue weighted by Gasteiger charge is -2.29. The van der Waals surface area contributed by atoms with Crippen LogP contribution in [-0.4, -0.2) is 99.7 Å². The van der Waals surface area contributed by atoms with E-state index in [1.165, 1.54) is 0 Å². The van der Waals surface area contributed by atoms with Gasteiger partial charge in [-0.1, -0.05) is 63.5 Å². The second kappa shape index (κ2) is 19.8. The lowest BCUT2D eigenvalue weighted by atomic mass is 10.0. The molecule has 2 atom stereocenters. The van der Waals surface area contributed by atoms with Gasteiger partial charge in [0.15, 0.2) is 0 Å². The van der Waals surface area contributed by atoms with Crippen molar-refractivity contribution in [2.75, 3.05) is 26.3 Å². The van der Waals surface area contributed by atoms with E-state index in [4.69, 9.17) is 33.9 Å². The maximum atomic E-state index is 13.4. The monoisotopic (exact) mass is 936 g/mol. The van der Waals surface area contributed by atoms with Crippen molar-refractivity contribution in [3.05, 3.63) is 78.8 Å². The first-order valence-electron chi connectivity index (χ1n) is 23.8. The predicted octanol–water partition coefficient (Wildman–Crippen LogP) is 12.4. The molecule has 356 valence electrons. The lowest BCUT2D eigenvalue weighted by Crippen LogP contribution is -2.37. The molecule has 0 bridgehead atoms. The Morgan fingerprint density at radius 1 is 0.591 bits per heavy atom. The molecule has 0 unspecified atom stereocenters. The Kier molecular flexibility index (Phi) is 14.7. The van der Waals surface area contributed by atoms with E-state index < -0.39 is 27.3 Å². The maximum absolute atomic E-state index is 13.4. The van der Waals surface area contributed by atoms with Crippen LogP contribution >= 0.6 is 0 Å². The molecule has 15 heteroatoms. The third kappa shape index (κ3) is 12.4. The number of imidazole rings is 2. The van der Waals surface area contributed by atoms with Crippen LogP contribution in [0.5, 0.6) is 0 Å². The molecule has 2 aliphatic heterocycles. The number of fused-ring (bicyclic) bond motifs is 1. The van der Waals surface area contributed by atoms with Crippen molar-refractivity contribution in [3.8, 4) is 33.8 Å². The summed E-state index contributed by atoms with van der Waals surface area (Å²) < 4.78 is 28.6. The molecule has 5 aromatic rings. The summed E-state index contributed by atoms with van der Waals surface area (Å²) in [5.74, 6) is 1.62. The van der Waals surface area contributed by atoms with Crippen LogP contribution in [0.4, 0.5) is 9.59 Å². The molecule has 0 aliphatic carbocycles. The van der Waals surface area contributed by atoms with E-state index in [-0.39, 0.29) is 24.3 Å². The summed E-state index contributed by atoms with van der Waals surface area (Å²) in [5, 5.41) is 2.19. The molecular weight excluding hydrogens is 863 g/mol. The molecule has 2 fully saturated rings. The topological polar surface area (TPSA) is 126 Å². The van der Waals surface area contributed by atoms with Crippen LogP contribution in [0.2, 0.25) is 51.4 Å². The molecule has 0 spiro atoms. The van der Waals surface area contributed by atoms with Gasteiger partial charge < -0.3 is 28.1 Å². The maximum Gasteiger partial charge on any atom is 0.410 e. The van der Waals surface area contributed by atoms with Gasteiger partial charge in [0, 0.05) is 65.3 Å². The normalized spacial score (nSPS) is 17.3. The van der Waals surface area contributed by atoms with Gasteiger partial charge in [0.05, 0.1) is 41.6 Å². The standard InChI is InChI=1S/C51H73N7O6Si2/c1-50(2,3)63-48(59)55-23-13-15-42(55)46-53-32-44(57(46)34-61-25-27-65(7,8)9)39-20-18-36-29-38(19-17-37(36)30-39)41-22-21-40(31-52-41)45-33-54-47(58(45)35-62-26-28-66(10,11)12)43-16-14-24-56(43)49(60)64-51(4,5)6/h17-22,29-33,42-43H,13-16,23-28,34-35H2,1-12H3/t42-,43-/m0/s1. The van der Waals surface area contributed by atoms with E-state index in [1.807, 2.05) is 69.9 Å². The number of hydrogen-bond donors (Lipinski definition) is 0. The summed E-state index contributed by atoms with van der Waals surface area (Å²) in [6.07, 6.45) is 8.46. The second-order valence-corrected chi connectivity index (χ2v) is 33.7. The predicted molar refractivity (Wildman–Crippen MR) is 268 cm³/mol. The Labute approximate surface area is 394 Å². The fraction of sp³-hybridized carbons (Fsp3) is 0.549. The molecule has 0 radical (unpaired) electrons. The van der Waals surface area contributed by atoms with E-state index in [0.717, 1.165) is 94.0 Å². The SMILES string of the molecule is CC(C)(C)OC(=O)N1CCC[C@H]1c1ncc(-c2ccc(-c3ccc4cc(-c5cnc([C@@H]6CCCN6C(=O)OC(C)(C)C)n5COCC[Si](C)(C)C)ccc4c3)nc2)n1COCC[Si](C)(C)C. The van der Waals surface area contributed by atoms with E-state index >= 15 is 0 Å². The second-order valence-electron chi connectivity index (χ2n) is 22.4. The number of ether oxygens (including phenoxy) is 4. The zero-order chi connectivity index (χ0) is 47.6. The molecule has 7 rings (SSSR count). The number of carbonyl (C=O) groups is 2. The number of carbonyl (C=O) groups excluding carboxylic acids is 2. The van der Waals surface area contributed by atoms with Crippen molar-refractivity contribution in [1.29, 1.82) is 0 Å². The molecule has 13 nitrogen and oxygen atoms in total. The molecular formula is C51H73N7O6Si2. The minimum Gasteiger partial charge on any atom is -0.444 e. The quantitative estimate of drug-likeness (QED) is 0.0745. The highest BCUT2D eigenvalue weighted by atomic mass is 28.3. The zero-order valence-corrected chi connectivity index (χ0v) is 43.6. The highest BCUT2D eigenvalue weighted by Gasteiger charge is 2.38. The number of benzene rings is 2. The summed E-state index contributed by atoms with van der Waals surface area (Å²) >= 11 is 0. The van der Waals surface area contributed by atoms with Gasteiger partial charge in [-0.05, 0) is 114 Å². The molecule has 5 heterocycles. The molecule has 3 aromatic heterocycles. The van der Waals surface area contributed by atoms with Gasteiger partial charge in [-0.2, -0.15) is 0 Å². The van der Waals surface area contributed by atoms with Gasteiger partial charge in [-0.3, -0.25) is 14.8 Å². The van der Waals surface area contributed by atoms with E-state index in [9.17, 15) is 9.59 Å². The Balaban J connectivity index is 1.14. The van der Waals surface area contributed by atoms with Crippen LogP contribution in [-0.2, 0) is 32.4 Å². The average Bonchev–Trinajstić information content (AvgIpc) is 4.05. The summed E-state index contributed by atoms with van der Waals surface area (Å²) in [6, 6.07) is 18.8. The van der Waals surface area contributed by atoms with Gasteiger partial charge in [0.25, 0.3) is 0 Å². The first-order valence-corrected chi connectivity index (χ1v) is 31.2. The van der Waals surface area contributed by atoms with Gasteiger partial charge in [0.2, 0.25) is 0 Å². The number of nitrogens with zero attached hydrogens (tertiary/aromatic N) is 7. The molecule has 0 N–H and O–H groups in total. The number of pyridine rings is 1. The highest BCUT2D eigenvalue weighted by Crippen LogP contribution is 2.38. The Hall–Kier alpha value is -4.84. The van der Waals surface area contributed by atoms with Crippen LogP contribution in [0.3, 0.4) is 0 Å². The van der Waals surface area contributed by atoms with Crippen LogP contribution in [0.15, 0.2) is 67.1 Å².